The Labute approximate surface area is 159 Å². The van der Waals surface area contributed by atoms with Crippen LogP contribution in [0.25, 0.3) is 11.1 Å². The molecule has 2 N–H and O–H groups in total. The lowest BCUT2D eigenvalue weighted by Crippen LogP contribution is -2.23. The van der Waals surface area contributed by atoms with Crippen LogP contribution in [0.5, 0.6) is 0 Å². The lowest BCUT2D eigenvalue weighted by Gasteiger charge is -2.15. The molecule has 3 rings (SSSR count). The lowest BCUT2D eigenvalue weighted by atomic mass is 9.90. The van der Waals surface area contributed by atoms with E-state index in [1.807, 2.05) is 54.6 Å². The van der Waals surface area contributed by atoms with E-state index in [9.17, 15) is 13.2 Å². The molecule has 5 heteroatoms. The van der Waals surface area contributed by atoms with Crippen LogP contribution in [-0.4, -0.2) is 20.6 Å². The molecule has 3 aromatic carbocycles. The monoisotopic (exact) mass is 379 g/mol. The Balaban J connectivity index is 1.94. The zero-order valence-electron chi connectivity index (χ0n) is 15.0. The molecule has 0 bridgehead atoms. The summed E-state index contributed by atoms with van der Waals surface area (Å²) in [6.45, 7) is 0. The van der Waals surface area contributed by atoms with Crippen LogP contribution < -0.4 is 5.73 Å². The maximum atomic E-state index is 12.0. The van der Waals surface area contributed by atoms with Gasteiger partial charge in [-0.1, -0.05) is 72.8 Å². The van der Waals surface area contributed by atoms with Crippen molar-refractivity contribution < 1.29 is 13.2 Å². The van der Waals surface area contributed by atoms with Gasteiger partial charge in [0.25, 0.3) is 0 Å². The lowest BCUT2D eigenvalue weighted by molar-refractivity contribution is -0.119. The van der Waals surface area contributed by atoms with E-state index in [-0.39, 0.29) is 10.8 Å². The predicted molar refractivity (Wildman–Crippen MR) is 107 cm³/mol. The largest absolute Gasteiger partial charge is 0.369 e. The van der Waals surface area contributed by atoms with E-state index in [0.29, 0.717) is 12.0 Å². The van der Waals surface area contributed by atoms with Crippen molar-refractivity contribution in [3.63, 3.8) is 0 Å². The molecule has 0 saturated heterocycles. The quantitative estimate of drug-likeness (QED) is 0.711. The number of hydrogen-bond acceptors (Lipinski definition) is 3. The van der Waals surface area contributed by atoms with Crippen LogP contribution in [0.2, 0.25) is 0 Å². The van der Waals surface area contributed by atoms with Gasteiger partial charge in [-0.05, 0) is 29.2 Å². The van der Waals surface area contributed by atoms with Crippen LogP contribution in [0.3, 0.4) is 0 Å². The Morgan fingerprint density at radius 3 is 2.07 bits per heavy atom. The average molecular weight is 379 g/mol. The SMILES string of the molecule is CS(=O)(=O)c1ccccc1-c1ccc(C(Cc2ccccc2)C(N)=O)cc1. The van der Waals surface area contributed by atoms with Gasteiger partial charge >= 0.3 is 0 Å². The Hall–Kier alpha value is -2.92. The molecule has 4 nitrogen and oxygen atoms in total. The minimum Gasteiger partial charge on any atom is -0.369 e. The standard InChI is InChI=1S/C22H21NO3S/c1-27(25,26)21-10-6-5-9-19(21)17-11-13-18(14-12-17)20(22(23)24)15-16-7-3-2-4-8-16/h2-14,20H,15H2,1H3,(H2,23,24). The molecule has 1 unspecified atom stereocenters. The van der Waals surface area contributed by atoms with Crippen molar-refractivity contribution in [2.24, 2.45) is 5.73 Å². The van der Waals surface area contributed by atoms with Crippen LogP contribution in [0.1, 0.15) is 17.0 Å². The van der Waals surface area contributed by atoms with Crippen molar-refractivity contribution in [3.05, 3.63) is 90.0 Å². The predicted octanol–water partition coefficient (Wildman–Crippen LogP) is 3.57. The van der Waals surface area contributed by atoms with E-state index >= 15 is 0 Å². The molecule has 1 amide bonds. The third-order valence-corrected chi connectivity index (χ3v) is 5.69. The number of benzene rings is 3. The summed E-state index contributed by atoms with van der Waals surface area (Å²) in [6.07, 6.45) is 1.72. The third-order valence-electron chi connectivity index (χ3n) is 4.54. The summed E-state index contributed by atoms with van der Waals surface area (Å²) in [7, 11) is -3.34. The van der Waals surface area contributed by atoms with Crippen molar-refractivity contribution in [2.75, 3.05) is 6.26 Å². The van der Waals surface area contributed by atoms with Crippen molar-refractivity contribution in [3.8, 4) is 11.1 Å². The van der Waals surface area contributed by atoms with Crippen LogP contribution in [-0.2, 0) is 21.1 Å². The molecule has 0 heterocycles. The molecule has 3 aromatic rings. The summed E-state index contributed by atoms with van der Waals surface area (Å²) in [4.78, 5) is 12.3. The van der Waals surface area contributed by atoms with Crippen LogP contribution in [0.4, 0.5) is 0 Å². The maximum absolute atomic E-state index is 12.0. The fourth-order valence-electron chi connectivity index (χ4n) is 3.16. The van der Waals surface area contributed by atoms with Gasteiger partial charge in [0.2, 0.25) is 5.91 Å². The fraction of sp³-hybridized carbons (Fsp3) is 0.136. The third kappa shape index (κ3) is 4.44. The Bertz CT molecular complexity index is 1040. The molecule has 0 aliphatic carbocycles. The fourth-order valence-corrected chi connectivity index (χ4v) is 4.07. The number of sulfone groups is 1. The number of rotatable bonds is 6. The number of primary amides is 1. The number of hydrogen-bond donors (Lipinski definition) is 1. The number of amides is 1. The highest BCUT2D eigenvalue weighted by atomic mass is 32.2. The highest BCUT2D eigenvalue weighted by molar-refractivity contribution is 7.90. The summed E-state index contributed by atoms with van der Waals surface area (Å²) in [6, 6.07) is 23.9. The van der Waals surface area contributed by atoms with Gasteiger partial charge in [-0.15, -0.1) is 0 Å². The molecule has 0 aliphatic heterocycles. The molecule has 0 fully saturated rings. The minimum atomic E-state index is -3.34. The van der Waals surface area contributed by atoms with Crippen LogP contribution in [0.15, 0.2) is 83.8 Å². The van der Waals surface area contributed by atoms with Gasteiger partial charge in [-0.25, -0.2) is 8.42 Å². The van der Waals surface area contributed by atoms with E-state index in [2.05, 4.69) is 0 Å². The summed E-state index contributed by atoms with van der Waals surface area (Å²) in [5.74, 6) is -0.824. The zero-order chi connectivity index (χ0) is 19.4. The molecule has 138 valence electrons. The number of carbonyl (C=O) groups is 1. The van der Waals surface area contributed by atoms with E-state index in [1.165, 1.54) is 6.26 Å². The van der Waals surface area contributed by atoms with Gasteiger partial charge < -0.3 is 5.73 Å². The first-order valence-corrected chi connectivity index (χ1v) is 10.5. The highest BCUT2D eigenvalue weighted by Gasteiger charge is 2.19. The molecule has 0 radical (unpaired) electrons. The van der Waals surface area contributed by atoms with Crippen molar-refractivity contribution in [2.45, 2.75) is 17.2 Å². The summed E-state index contributed by atoms with van der Waals surface area (Å²) in [5.41, 5.74) is 8.90. The second-order valence-electron chi connectivity index (χ2n) is 6.54. The first-order valence-electron chi connectivity index (χ1n) is 8.59. The molecule has 27 heavy (non-hydrogen) atoms. The summed E-state index contributed by atoms with van der Waals surface area (Å²) in [5, 5.41) is 0. The van der Waals surface area contributed by atoms with E-state index in [0.717, 1.165) is 16.7 Å². The van der Waals surface area contributed by atoms with Gasteiger partial charge in [0.05, 0.1) is 10.8 Å². The van der Waals surface area contributed by atoms with E-state index in [4.69, 9.17) is 5.73 Å². The molecule has 0 spiro atoms. The number of carbonyl (C=O) groups excluding carboxylic acids is 1. The van der Waals surface area contributed by atoms with Gasteiger partial charge in [0.15, 0.2) is 9.84 Å². The normalized spacial score (nSPS) is 12.5. The molecular weight excluding hydrogens is 358 g/mol. The zero-order valence-corrected chi connectivity index (χ0v) is 15.8. The first kappa shape index (κ1) is 18.9. The van der Waals surface area contributed by atoms with E-state index in [1.54, 1.807) is 24.3 Å². The average Bonchev–Trinajstić information content (AvgIpc) is 2.66. The molecule has 0 aliphatic rings. The maximum Gasteiger partial charge on any atom is 0.225 e. The van der Waals surface area contributed by atoms with Crippen molar-refractivity contribution in [1.29, 1.82) is 0 Å². The van der Waals surface area contributed by atoms with E-state index < -0.39 is 15.8 Å². The smallest absolute Gasteiger partial charge is 0.225 e. The molecular formula is C22H21NO3S. The second-order valence-corrected chi connectivity index (χ2v) is 8.52. The molecule has 0 aromatic heterocycles. The van der Waals surface area contributed by atoms with Gasteiger partial charge in [-0.3, -0.25) is 4.79 Å². The highest BCUT2D eigenvalue weighted by Crippen LogP contribution is 2.29. The Kier molecular flexibility index (Phi) is 5.42. The van der Waals surface area contributed by atoms with Crippen LogP contribution >= 0.6 is 0 Å². The Morgan fingerprint density at radius 1 is 0.889 bits per heavy atom. The van der Waals surface area contributed by atoms with Crippen molar-refractivity contribution in [1.82, 2.24) is 0 Å². The summed E-state index contributed by atoms with van der Waals surface area (Å²) >= 11 is 0. The Morgan fingerprint density at radius 2 is 1.48 bits per heavy atom. The van der Waals surface area contributed by atoms with Gasteiger partial charge in [-0.2, -0.15) is 0 Å². The number of nitrogens with two attached hydrogens (primary N) is 1. The molecule has 1 atom stereocenters. The summed E-state index contributed by atoms with van der Waals surface area (Å²) < 4.78 is 24.1. The minimum absolute atomic E-state index is 0.286. The molecule has 0 saturated carbocycles. The van der Waals surface area contributed by atoms with Gasteiger partial charge in [0, 0.05) is 11.8 Å². The van der Waals surface area contributed by atoms with Gasteiger partial charge in [0.1, 0.15) is 0 Å². The van der Waals surface area contributed by atoms with Crippen LogP contribution in [0, 0.1) is 0 Å². The topological polar surface area (TPSA) is 77.2 Å². The first-order chi connectivity index (χ1) is 12.9. The van der Waals surface area contributed by atoms with Crippen molar-refractivity contribution >= 4 is 15.7 Å². The second kappa shape index (κ2) is 7.76.